The van der Waals surface area contributed by atoms with E-state index in [0.29, 0.717) is 28.3 Å². The van der Waals surface area contributed by atoms with Crippen LogP contribution in [0.15, 0.2) is 35.7 Å². The van der Waals surface area contributed by atoms with Crippen LogP contribution >= 0.6 is 11.3 Å². The number of methoxy groups -OCH3 is 3. The van der Waals surface area contributed by atoms with Gasteiger partial charge in [-0.25, -0.2) is 4.98 Å². The smallest absolute Gasteiger partial charge is 0.271 e. The Hall–Kier alpha value is -3.33. The fourth-order valence-corrected chi connectivity index (χ4v) is 3.97. The molecule has 0 aliphatic rings. The summed E-state index contributed by atoms with van der Waals surface area (Å²) < 4.78 is 18.1. The largest absolute Gasteiger partial charge is 0.493 e. The Labute approximate surface area is 157 Å². The first-order chi connectivity index (χ1) is 13.1. The van der Waals surface area contributed by atoms with Crippen LogP contribution in [0.3, 0.4) is 0 Å². The van der Waals surface area contributed by atoms with Gasteiger partial charge in [-0.1, -0.05) is 0 Å². The number of nitro groups is 1. The fraction of sp³-hybridized carbons (Fsp3) is 0.167. The maximum Gasteiger partial charge on any atom is 0.271 e. The molecule has 9 heteroatoms. The molecule has 0 fully saturated rings. The Morgan fingerprint density at radius 2 is 1.78 bits per heavy atom. The molecule has 2 heterocycles. The summed E-state index contributed by atoms with van der Waals surface area (Å²) in [5.74, 6) is 1.56. The van der Waals surface area contributed by atoms with E-state index in [2.05, 4.69) is 4.98 Å². The number of hydrogen-bond donors (Lipinski definition) is 0. The molecule has 0 atom stereocenters. The van der Waals surface area contributed by atoms with Gasteiger partial charge in [0.2, 0.25) is 5.75 Å². The van der Waals surface area contributed by atoms with E-state index < -0.39 is 4.92 Å². The molecule has 27 heavy (non-hydrogen) atoms. The number of benzene rings is 2. The fourth-order valence-electron chi connectivity index (χ4n) is 3.05. The number of hydrogen-bond acceptors (Lipinski definition) is 7. The van der Waals surface area contributed by atoms with Gasteiger partial charge in [-0.05, 0) is 18.2 Å². The molecular formula is C18H15N3O5S. The highest BCUT2D eigenvalue weighted by Gasteiger charge is 2.19. The minimum absolute atomic E-state index is 0.0198. The Kier molecular flexibility index (Phi) is 4.08. The predicted molar refractivity (Wildman–Crippen MR) is 102 cm³/mol. The van der Waals surface area contributed by atoms with Crippen molar-refractivity contribution in [1.82, 2.24) is 9.38 Å². The number of rotatable bonds is 5. The third-order valence-electron chi connectivity index (χ3n) is 4.30. The number of nitrogens with zero attached hydrogens (tertiary/aromatic N) is 3. The highest BCUT2D eigenvalue weighted by atomic mass is 32.1. The molecule has 4 aromatic rings. The number of imidazole rings is 1. The summed E-state index contributed by atoms with van der Waals surface area (Å²) in [4.78, 5) is 16.0. The van der Waals surface area contributed by atoms with Gasteiger partial charge in [0.15, 0.2) is 16.5 Å². The topological polar surface area (TPSA) is 88.1 Å². The lowest BCUT2D eigenvalue weighted by Crippen LogP contribution is -1.96. The van der Waals surface area contributed by atoms with E-state index >= 15 is 0 Å². The van der Waals surface area contributed by atoms with Gasteiger partial charge in [0.25, 0.3) is 5.69 Å². The highest BCUT2D eigenvalue weighted by molar-refractivity contribution is 7.15. The standard InChI is InChI=1S/C18H15N3O5S/c1-24-15-6-10(7-16(25-2)17(15)26-3)14-9-27-18-19-12-5-4-11(21(22)23)8-13(12)20(14)18/h4-9H,1-3H3. The zero-order valence-electron chi connectivity index (χ0n) is 14.8. The van der Waals surface area contributed by atoms with E-state index in [1.807, 2.05) is 21.9 Å². The molecule has 0 saturated heterocycles. The molecule has 0 aliphatic heterocycles. The molecule has 0 saturated carbocycles. The highest BCUT2D eigenvalue weighted by Crippen LogP contribution is 2.42. The monoisotopic (exact) mass is 385 g/mol. The first-order valence-corrected chi connectivity index (χ1v) is 8.79. The lowest BCUT2D eigenvalue weighted by Gasteiger charge is -2.14. The van der Waals surface area contributed by atoms with Crippen molar-refractivity contribution in [1.29, 1.82) is 0 Å². The first-order valence-electron chi connectivity index (χ1n) is 7.92. The van der Waals surface area contributed by atoms with Gasteiger partial charge in [0, 0.05) is 23.1 Å². The number of thiazole rings is 1. The van der Waals surface area contributed by atoms with Crippen molar-refractivity contribution in [2.75, 3.05) is 21.3 Å². The Morgan fingerprint density at radius 1 is 1.07 bits per heavy atom. The Balaban J connectivity index is 2.00. The lowest BCUT2D eigenvalue weighted by molar-refractivity contribution is -0.384. The predicted octanol–water partition coefficient (Wildman–Crippen LogP) is 4.15. The summed E-state index contributed by atoms with van der Waals surface area (Å²) in [5, 5.41) is 13.1. The summed E-state index contributed by atoms with van der Waals surface area (Å²) in [6.07, 6.45) is 0. The number of nitro benzene ring substituents is 1. The summed E-state index contributed by atoms with van der Waals surface area (Å²) in [7, 11) is 4.66. The number of non-ortho nitro benzene ring substituents is 1. The van der Waals surface area contributed by atoms with Crippen molar-refractivity contribution in [3.05, 3.63) is 45.8 Å². The second kappa shape index (κ2) is 6.44. The Morgan fingerprint density at radius 3 is 2.37 bits per heavy atom. The van der Waals surface area contributed by atoms with Gasteiger partial charge in [0.05, 0.1) is 43.0 Å². The van der Waals surface area contributed by atoms with Gasteiger partial charge in [-0.2, -0.15) is 0 Å². The summed E-state index contributed by atoms with van der Waals surface area (Å²) >= 11 is 1.45. The van der Waals surface area contributed by atoms with Crippen LogP contribution in [0.2, 0.25) is 0 Å². The molecular weight excluding hydrogens is 370 g/mol. The second-order valence-corrected chi connectivity index (χ2v) is 6.53. The van der Waals surface area contributed by atoms with E-state index in [9.17, 15) is 10.1 Å². The van der Waals surface area contributed by atoms with Crippen molar-refractivity contribution in [2.24, 2.45) is 0 Å². The molecule has 8 nitrogen and oxygen atoms in total. The third kappa shape index (κ3) is 2.63. The zero-order chi connectivity index (χ0) is 19.1. The average molecular weight is 385 g/mol. The van der Waals surface area contributed by atoms with E-state index in [1.165, 1.54) is 23.5 Å². The molecule has 0 spiro atoms. The van der Waals surface area contributed by atoms with E-state index in [1.54, 1.807) is 27.4 Å². The van der Waals surface area contributed by atoms with E-state index in [-0.39, 0.29) is 5.69 Å². The van der Waals surface area contributed by atoms with Gasteiger partial charge >= 0.3 is 0 Å². The molecule has 0 amide bonds. The quantitative estimate of drug-likeness (QED) is 0.379. The van der Waals surface area contributed by atoms with Crippen molar-refractivity contribution in [2.45, 2.75) is 0 Å². The first kappa shape index (κ1) is 17.1. The second-order valence-electron chi connectivity index (χ2n) is 5.69. The lowest BCUT2D eigenvalue weighted by atomic mass is 10.1. The molecule has 2 aromatic carbocycles. The molecule has 138 valence electrons. The molecule has 2 aromatic heterocycles. The van der Waals surface area contributed by atoms with Gasteiger partial charge in [0.1, 0.15) is 0 Å². The van der Waals surface area contributed by atoms with E-state index in [0.717, 1.165) is 16.2 Å². The van der Waals surface area contributed by atoms with Crippen LogP contribution < -0.4 is 14.2 Å². The van der Waals surface area contributed by atoms with Crippen molar-refractivity contribution < 1.29 is 19.1 Å². The summed E-state index contributed by atoms with van der Waals surface area (Å²) in [5.41, 5.74) is 3.04. The normalized spacial score (nSPS) is 11.1. The number of aromatic nitrogens is 2. The Bertz CT molecular complexity index is 1160. The van der Waals surface area contributed by atoms with Crippen LogP contribution in [0.25, 0.3) is 27.3 Å². The van der Waals surface area contributed by atoms with Crippen LogP contribution in [0.1, 0.15) is 0 Å². The summed E-state index contributed by atoms with van der Waals surface area (Å²) in [6.45, 7) is 0. The molecule has 0 unspecified atom stereocenters. The number of ether oxygens (including phenoxy) is 3. The average Bonchev–Trinajstić information content (AvgIpc) is 3.25. The minimum atomic E-state index is -0.412. The van der Waals surface area contributed by atoms with E-state index in [4.69, 9.17) is 14.2 Å². The molecule has 0 bridgehead atoms. The van der Waals surface area contributed by atoms with Gasteiger partial charge < -0.3 is 14.2 Å². The number of fused-ring (bicyclic) bond motifs is 3. The maximum atomic E-state index is 11.2. The zero-order valence-corrected chi connectivity index (χ0v) is 15.6. The van der Waals surface area contributed by atoms with Crippen LogP contribution in [0.5, 0.6) is 17.2 Å². The van der Waals surface area contributed by atoms with Crippen LogP contribution in [0, 0.1) is 10.1 Å². The molecule has 4 rings (SSSR count). The van der Waals surface area contributed by atoms with Gasteiger partial charge in [-0.3, -0.25) is 14.5 Å². The van der Waals surface area contributed by atoms with Crippen LogP contribution in [-0.2, 0) is 0 Å². The minimum Gasteiger partial charge on any atom is -0.493 e. The van der Waals surface area contributed by atoms with Crippen molar-refractivity contribution in [3.8, 4) is 28.5 Å². The maximum absolute atomic E-state index is 11.2. The third-order valence-corrected chi connectivity index (χ3v) is 5.12. The summed E-state index contributed by atoms with van der Waals surface area (Å²) in [6, 6.07) is 8.33. The van der Waals surface area contributed by atoms with Crippen LogP contribution in [-0.4, -0.2) is 35.6 Å². The molecule has 0 aliphatic carbocycles. The van der Waals surface area contributed by atoms with Gasteiger partial charge in [-0.15, -0.1) is 11.3 Å². The molecule has 0 radical (unpaired) electrons. The molecule has 0 N–H and O–H groups in total. The van der Waals surface area contributed by atoms with Crippen molar-refractivity contribution >= 4 is 33.0 Å². The van der Waals surface area contributed by atoms with Crippen LogP contribution in [0.4, 0.5) is 5.69 Å². The SMILES string of the molecule is COc1cc(-c2csc3nc4ccc([N+](=O)[O-])cc4n23)cc(OC)c1OC. The van der Waals surface area contributed by atoms with Crippen molar-refractivity contribution in [3.63, 3.8) is 0 Å².